The van der Waals surface area contributed by atoms with E-state index in [1.54, 1.807) is 31.2 Å². The maximum Gasteiger partial charge on any atom is 0.265 e. The number of anilines is 1. The number of nitrogens with one attached hydrogen (secondary N) is 1. The molecule has 1 aliphatic heterocycles. The molecule has 6 nitrogen and oxygen atoms in total. The Hall–Kier alpha value is -3.15. The number of amides is 3. The van der Waals surface area contributed by atoms with Crippen molar-refractivity contribution >= 4 is 23.4 Å². The van der Waals surface area contributed by atoms with Crippen LogP contribution in [0.1, 0.15) is 33.2 Å². The first-order valence-electron chi connectivity index (χ1n) is 7.87. The molecular formula is C19H18N2O4. The van der Waals surface area contributed by atoms with E-state index in [0.29, 0.717) is 17.0 Å². The molecule has 2 aromatic rings. The molecule has 6 heteroatoms. The van der Waals surface area contributed by atoms with E-state index in [1.807, 2.05) is 19.1 Å². The van der Waals surface area contributed by atoms with E-state index in [2.05, 4.69) is 5.32 Å². The minimum absolute atomic E-state index is 0.289. The summed E-state index contributed by atoms with van der Waals surface area (Å²) in [7, 11) is 1.43. The molecule has 1 atom stereocenters. The summed E-state index contributed by atoms with van der Waals surface area (Å²) < 4.78 is 5.61. The standard InChI is InChI=1S/C19H18N2O4/c1-11-4-7-14(8-5-11)25-12(2)17(22)20-13-6-9-15-16(10-13)19(24)21(3)18(15)23/h4-10,12H,1-3H3,(H,20,22). The third-order valence-corrected chi connectivity index (χ3v) is 4.06. The van der Waals surface area contributed by atoms with Gasteiger partial charge >= 0.3 is 0 Å². The summed E-state index contributed by atoms with van der Waals surface area (Å²) in [5.74, 6) is -0.454. The van der Waals surface area contributed by atoms with Gasteiger partial charge in [-0.3, -0.25) is 19.3 Å². The van der Waals surface area contributed by atoms with Gasteiger partial charge in [-0.15, -0.1) is 0 Å². The fraction of sp³-hybridized carbons (Fsp3) is 0.211. The smallest absolute Gasteiger partial charge is 0.265 e. The van der Waals surface area contributed by atoms with Crippen LogP contribution in [0.15, 0.2) is 42.5 Å². The molecule has 0 spiro atoms. The van der Waals surface area contributed by atoms with Crippen LogP contribution in [0.3, 0.4) is 0 Å². The maximum atomic E-state index is 12.3. The highest BCUT2D eigenvalue weighted by Gasteiger charge is 2.32. The second-order valence-corrected chi connectivity index (χ2v) is 5.99. The number of carbonyl (C=O) groups excluding carboxylic acids is 3. The van der Waals surface area contributed by atoms with Crippen LogP contribution in [0.2, 0.25) is 0 Å². The minimum Gasteiger partial charge on any atom is -0.481 e. The molecule has 0 radical (unpaired) electrons. The third kappa shape index (κ3) is 3.24. The number of aryl methyl sites for hydroxylation is 1. The molecule has 2 aromatic carbocycles. The number of benzene rings is 2. The van der Waals surface area contributed by atoms with Crippen molar-refractivity contribution in [2.24, 2.45) is 0 Å². The Morgan fingerprint density at radius 3 is 2.36 bits per heavy atom. The Balaban J connectivity index is 1.70. The molecule has 128 valence electrons. The first-order valence-corrected chi connectivity index (χ1v) is 7.87. The zero-order chi connectivity index (χ0) is 18.1. The Kier molecular flexibility index (Phi) is 4.27. The van der Waals surface area contributed by atoms with Gasteiger partial charge in [0.05, 0.1) is 11.1 Å². The lowest BCUT2D eigenvalue weighted by Crippen LogP contribution is -2.30. The first kappa shape index (κ1) is 16.7. The topological polar surface area (TPSA) is 75.7 Å². The van der Waals surface area contributed by atoms with Crippen molar-refractivity contribution < 1.29 is 19.1 Å². The molecule has 0 bridgehead atoms. The van der Waals surface area contributed by atoms with Crippen LogP contribution >= 0.6 is 0 Å². The zero-order valence-electron chi connectivity index (χ0n) is 14.2. The highest BCUT2D eigenvalue weighted by molar-refractivity contribution is 6.21. The van der Waals surface area contributed by atoms with Crippen LogP contribution in [0.25, 0.3) is 0 Å². The van der Waals surface area contributed by atoms with Crippen LogP contribution in [0.4, 0.5) is 5.69 Å². The third-order valence-electron chi connectivity index (χ3n) is 4.06. The molecule has 0 saturated carbocycles. The van der Waals surface area contributed by atoms with Crippen LogP contribution in [-0.4, -0.2) is 35.8 Å². The summed E-state index contributed by atoms with van der Waals surface area (Å²) in [5.41, 5.74) is 2.18. The second kappa shape index (κ2) is 6.39. The molecule has 3 rings (SSSR count). The van der Waals surface area contributed by atoms with E-state index in [-0.39, 0.29) is 23.3 Å². The number of hydrogen-bond donors (Lipinski definition) is 1. The lowest BCUT2D eigenvalue weighted by Gasteiger charge is -2.15. The quantitative estimate of drug-likeness (QED) is 0.870. The molecule has 1 heterocycles. The fourth-order valence-corrected chi connectivity index (χ4v) is 2.56. The van der Waals surface area contributed by atoms with E-state index in [4.69, 9.17) is 4.74 Å². The Labute approximate surface area is 145 Å². The van der Waals surface area contributed by atoms with E-state index < -0.39 is 6.10 Å². The molecule has 25 heavy (non-hydrogen) atoms. The molecule has 0 aromatic heterocycles. The average molecular weight is 338 g/mol. The van der Waals surface area contributed by atoms with Crippen molar-refractivity contribution in [1.29, 1.82) is 0 Å². The highest BCUT2D eigenvalue weighted by atomic mass is 16.5. The largest absolute Gasteiger partial charge is 0.481 e. The van der Waals surface area contributed by atoms with E-state index in [9.17, 15) is 14.4 Å². The fourth-order valence-electron chi connectivity index (χ4n) is 2.56. The Morgan fingerprint density at radius 1 is 1.04 bits per heavy atom. The summed E-state index contributed by atoms with van der Waals surface area (Å²) in [6.07, 6.45) is -0.712. The summed E-state index contributed by atoms with van der Waals surface area (Å²) in [6.45, 7) is 3.61. The van der Waals surface area contributed by atoms with Gasteiger partial charge in [0.25, 0.3) is 17.7 Å². The second-order valence-electron chi connectivity index (χ2n) is 5.99. The van der Waals surface area contributed by atoms with Crippen LogP contribution < -0.4 is 10.1 Å². The minimum atomic E-state index is -0.712. The lowest BCUT2D eigenvalue weighted by molar-refractivity contribution is -0.122. The normalized spacial score (nSPS) is 14.3. The summed E-state index contributed by atoms with van der Waals surface area (Å²) >= 11 is 0. The first-order chi connectivity index (χ1) is 11.9. The number of rotatable bonds is 4. The number of hydrogen-bond acceptors (Lipinski definition) is 4. The van der Waals surface area contributed by atoms with Gasteiger partial charge in [0.15, 0.2) is 6.10 Å². The molecule has 1 aliphatic rings. The number of fused-ring (bicyclic) bond motifs is 1. The summed E-state index contributed by atoms with van der Waals surface area (Å²) in [5, 5.41) is 2.71. The molecular weight excluding hydrogens is 320 g/mol. The van der Waals surface area contributed by atoms with E-state index >= 15 is 0 Å². The van der Waals surface area contributed by atoms with Gasteiger partial charge in [-0.05, 0) is 44.2 Å². The summed E-state index contributed by atoms with van der Waals surface area (Å²) in [6, 6.07) is 12.1. The predicted molar refractivity (Wildman–Crippen MR) is 92.8 cm³/mol. The number of ether oxygens (including phenoxy) is 1. The van der Waals surface area contributed by atoms with Crippen molar-refractivity contribution in [2.75, 3.05) is 12.4 Å². The number of carbonyl (C=O) groups is 3. The van der Waals surface area contributed by atoms with Gasteiger partial charge in [0.2, 0.25) is 0 Å². The number of nitrogens with zero attached hydrogens (tertiary/aromatic N) is 1. The predicted octanol–water partition coefficient (Wildman–Crippen LogP) is 2.63. The molecule has 1 unspecified atom stereocenters. The summed E-state index contributed by atoms with van der Waals surface area (Å²) in [4.78, 5) is 37.2. The van der Waals surface area contributed by atoms with Gasteiger partial charge < -0.3 is 10.1 Å². The van der Waals surface area contributed by atoms with Crippen molar-refractivity contribution in [3.63, 3.8) is 0 Å². The van der Waals surface area contributed by atoms with E-state index in [1.165, 1.54) is 13.1 Å². The van der Waals surface area contributed by atoms with Crippen LogP contribution in [0, 0.1) is 6.92 Å². The van der Waals surface area contributed by atoms with Crippen molar-refractivity contribution in [1.82, 2.24) is 4.90 Å². The van der Waals surface area contributed by atoms with Crippen LogP contribution in [-0.2, 0) is 4.79 Å². The van der Waals surface area contributed by atoms with Gasteiger partial charge in [-0.2, -0.15) is 0 Å². The van der Waals surface area contributed by atoms with Crippen molar-refractivity contribution in [3.8, 4) is 5.75 Å². The Morgan fingerprint density at radius 2 is 1.68 bits per heavy atom. The maximum absolute atomic E-state index is 12.3. The van der Waals surface area contributed by atoms with Crippen LogP contribution in [0.5, 0.6) is 5.75 Å². The molecule has 0 fully saturated rings. The molecule has 0 saturated heterocycles. The lowest BCUT2D eigenvalue weighted by atomic mass is 10.1. The number of imide groups is 1. The molecule has 3 amide bonds. The molecule has 0 aliphatic carbocycles. The van der Waals surface area contributed by atoms with Gasteiger partial charge in [0.1, 0.15) is 5.75 Å². The van der Waals surface area contributed by atoms with Gasteiger partial charge in [-0.25, -0.2) is 0 Å². The van der Waals surface area contributed by atoms with Crippen molar-refractivity contribution in [3.05, 3.63) is 59.2 Å². The highest BCUT2D eigenvalue weighted by Crippen LogP contribution is 2.25. The SMILES string of the molecule is Cc1ccc(OC(C)C(=O)Nc2ccc3c(c2)C(=O)N(C)C3=O)cc1. The van der Waals surface area contributed by atoms with Gasteiger partial charge in [-0.1, -0.05) is 17.7 Å². The Bertz CT molecular complexity index is 858. The van der Waals surface area contributed by atoms with E-state index in [0.717, 1.165) is 10.5 Å². The van der Waals surface area contributed by atoms with Gasteiger partial charge in [0, 0.05) is 12.7 Å². The molecule has 1 N–H and O–H groups in total. The average Bonchev–Trinajstić information content (AvgIpc) is 2.81. The monoisotopic (exact) mass is 338 g/mol. The van der Waals surface area contributed by atoms with Crippen molar-refractivity contribution in [2.45, 2.75) is 20.0 Å². The zero-order valence-corrected chi connectivity index (χ0v) is 14.2.